The van der Waals surface area contributed by atoms with Crippen LogP contribution in [0.5, 0.6) is 0 Å². The third-order valence-electron chi connectivity index (χ3n) is 7.00. The molecule has 1 aliphatic carbocycles. The molecule has 2 bridgehead atoms. The summed E-state index contributed by atoms with van der Waals surface area (Å²) in [4.78, 5) is 30.7. The van der Waals surface area contributed by atoms with Crippen LogP contribution >= 0.6 is 11.8 Å². The number of hydrogen-bond acceptors (Lipinski definition) is 4. The van der Waals surface area contributed by atoms with Crippen LogP contribution < -0.4 is 0 Å². The summed E-state index contributed by atoms with van der Waals surface area (Å²) in [5.74, 6) is 1.69. The molecule has 0 N–H and O–H groups in total. The van der Waals surface area contributed by atoms with Crippen LogP contribution in [0.1, 0.15) is 38.5 Å². The summed E-state index contributed by atoms with van der Waals surface area (Å²) in [6.45, 7) is 2.25. The Morgan fingerprint density at radius 3 is 2.62 bits per heavy atom. The SMILES string of the molecule is O=C(C1C2C=CC3(CN(C4CCCCCC4)C(=O)C13)O2)N1CCSCC1. The van der Waals surface area contributed by atoms with E-state index < -0.39 is 5.60 Å². The number of carbonyl (C=O) groups is 2. The molecule has 1 saturated carbocycles. The summed E-state index contributed by atoms with van der Waals surface area (Å²) < 4.78 is 6.30. The number of thioether (sulfide) groups is 1. The van der Waals surface area contributed by atoms with E-state index in [9.17, 15) is 9.59 Å². The molecule has 6 heteroatoms. The maximum Gasteiger partial charge on any atom is 0.230 e. The summed E-state index contributed by atoms with van der Waals surface area (Å²) in [7, 11) is 0. The monoisotopic (exact) mass is 376 g/mol. The molecule has 1 spiro atoms. The van der Waals surface area contributed by atoms with Crippen LogP contribution in [0.15, 0.2) is 12.2 Å². The van der Waals surface area contributed by atoms with Crippen molar-refractivity contribution < 1.29 is 14.3 Å². The molecular formula is C20H28N2O3S. The molecule has 3 saturated heterocycles. The van der Waals surface area contributed by atoms with Gasteiger partial charge >= 0.3 is 0 Å². The van der Waals surface area contributed by atoms with Gasteiger partial charge in [0.2, 0.25) is 11.8 Å². The van der Waals surface area contributed by atoms with Gasteiger partial charge in [-0.1, -0.05) is 37.8 Å². The van der Waals surface area contributed by atoms with Gasteiger partial charge < -0.3 is 14.5 Å². The van der Waals surface area contributed by atoms with E-state index in [1.165, 1.54) is 25.7 Å². The van der Waals surface area contributed by atoms with Crippen molar-refractivity contribution in [3.63, 3.8) is 0 Å². The van der Waals surface area contributed by atoms with Gasteiger partial charge in [-0.3, -0.25) is 9.59 Å². The van der Waals surface area contributed by atoms with Gasteiger partial charge in [-0.05, 0) is 12.8 Å². The van der Waals surface area contributed by atoms with Crippen LogP contribution in [0.3, 0.4) is 0 Å². The van der Waals surface area contributed by atoms with Gasteiger partial charge in [0.05, 0.1) is 24.5 Å². The number of likely N-dealkylation sites (tertiary alicyclic amines) is 1. The Morgan fingerprint density at radius 1 is 1.15 bits per heavy atom. The lowest BCUT2D eigenvalue weighted by Crippen LogP contribution is -2.48. The number of ether oxygens (including phenoxy) is 1. The predicted octanol–water partition coefficient (Wildman–Crippen LogP) is 2.07. The molecule has 4 unspecified atom stereocenters. The topological polar surface area (TPSA) is 49.9 Å². The number of fused-ring (bicyclic) bond motifs is 1. The molecule has 0 radical (unpaired) electrons. The van der Waals surface area contributed by atoms with Gasteiger partial charge in [0, 0.05) is 30.6 Å². The van der Waals surface area contributed by atoms with E-state index in [0.717, 1.165) is 37.4 Å². The molecule has 26 heavy (non-hydrogen) atoms. The maximum atomic E-state index is 13.4. The molecule has 2 amide bonds. The fourth-order valence-electron chi connectivity index (χ4n) is 5.68. The Morgan fingerprint density at radius 2 is 1.88 bits per heavy atom. The molecule has 5 rings (SSSR count). The van der Waals surface area contributed by atoms with Crippen LogP contribution in [0, 0.1) is 11.8 Å². The summed E-state index contributed by atoms with van der Waals surface area (Å²) >= 11 is 1.90. The minimum Gasteiger partial charge on any atom is -0.360 e. The maximum absolute atomic E-state index is 13.4. The highest BCUT2D eigenvalue weighted by Gasteiger charge is 2.67. The highest BCUT2D eigenvalue weighted by molar-refractivity contribution is 7.99. The van der Waals surface area contributed by atoms with E-state index >= 15 is 0 Å². The van der Waals surface area contributed by atoms with Crippen LogP contribution in [0.2, 0.25) is 0 Å². The van der Waals surface area contributed by atoms with E-state index in [1.807, 2.05) is 22.7 Å². The van der Waals surface area contributed by atoms with Crippen molar-refractivity contribution in [3.8, 4) is 0 Å². The first kappa shape index (κ1) is 17.1. The zero-order chi connectivity index (χ0) is 17.7. The van der Waals surface area contributed by atoms with Crippen LogP contribution in [0.4, 0.5) is 0 Å². The molecule has 5 aliphatic rings. The Hall–Kier alpha value is -1.01. The quantitative estimate of drug-likeness (QED) is 0.547. The van der Waals surface area contributed by atoms with Gasteiger partial charge in [-0.15, -0.1) is 0 Å². The van der Waals surface area contributed by atoms with Crippen molar-refractivity contribution in [1.82, 2.24) is 9.80 Å². The number of hydrogen-bond donors (Lipinski definition) is 0. The molecular weight excluding hydrogens is 348 g/mol. The molecule has 0 aromatic carbocycles. The van der Waals surface area contributed by atoms with Crippen molar-refractivity contribution in [3.05, 3.63) is 12.2 Å². The number of rotatable bonds is 2. The van der Waals surface area contributed by atoms with E-state index in [-0.39, 0.29) is 29.8 Å². The van der Waals surface area contributed by atoms with Gasteiger partial charge in [-0.25, -0.2) is 0 Å². The zero-order valence-electron chi connectivity index (χ0n) is 15.3. The van der Waals surface area contributed by atoms with Gasteiger partial charge in [0.25, 0.3) is 0 Å². The van der Waals surface area contributed by atoms with E-state index in [2.05, 4.69) is 11.0 Å². The fourth-order valence-corrected chi connectivity index (χ4v) is 6.59. The average molecular weight is 377 g/mol. The summed E-state index contributed by atoms with van der Waals surface area (Å²) in [5.41, 5.74) is -0.543. The highest BCUT2D eigenvalue weighted by atomic mass is 32.2. The second kappa shape index (κ2) is 6.55. The van der Waals surface area contributed by atoms with Crippen molar-refractivity contribution in [2.45, 2.75) is 56.3 Å². The number of amides is 2. The largest absolute Gasteiger partial charge is 0.360 e. The fraction of sp³-hybridized carbons (Fsp3) is 0.800. The third-order valence-corrected chi connectivity index (χ3v) is 7.95. The molecule has 4 fully saturated rings. The van der Waals surface area contributed by atoms with Gasteiger partial charge in [0.15, 0.2) is 0 Å². The minimum atomic E-state index is -0.543. The standard InChI is InChI=1S/C20H28N2O3S/c23-18(21-9-11-26-12-10-21)16-15-7-8-20(25-15)13-22(19(24)17(16)20)14-5-3-1-2-4-6-14/h7-8,14-17H,1-6,9-13H2. The van der Waals surface area contributed by atoms with Crippen molar-refractivity contribution in [1.29, 1.82) is 0 Å². The van der Waals surface area contributed by atoms with Crippen molar-refractivity contribution >= 4 is 23.6 Å². The summed E-state index contributed by atoms with van der Waals surface area (Å²) in [6.07, 6.45) is 11.1. The molecule has 5 nitrogen and oxygen atoms in total. The van der Waals surface area contributed by atoms with Crippen molar-refractivity contribution in [2.24, 2.45) is 11.8 Å². The zero-order valence-corrected chi connectivity index (χ0v) is 16.1. The van der Waals surface area contributed by atoms with Crippen molar-refractivity contribution in [2.75, 3.05) is 31.1 Å². The van der Waals surface area contributed by atoms with E-state index in [4.69, 9.17) is 4.74 Å². The van der Waals surface area contributed by atoms with E-state index in [0.29, 0.717) is 12.6 Å². The summed E-state index contributed by atoms with van der Waals surface area (Å²) in [6, 6.07) is 0.336. The molecule has 4 atom stereocenters. The Bertz CT molecular complexity index is 625. The normalized spacial score (nSPS) is 40.2. The first-order chi connectivity index (χ1) is 12.7. The highest BCUT2D eigenvalue weighted by Crippen LogP contribution is 2.53. The van der Waals surface area contributed by atoms with Gasteiger partial charge in [0.1, 0.15) is 5.60 Å². The van der Waals surface area contributed by atoms with Crippen LogP contribution in [-0.2, 0) is 14.3 Å². The first-order valence-electron chi connectivity index (χ1n) is 10.2. The smallest absolute Gasteiger partial charge is 0.230 e. The lowest BCUT2D eigenvalue weighted by atomic mass is 9.76. The molecule has 0 aromatic rings. The summed E-state index contributed by atoms with van der Waals surface area (Å²) in [5, 5.41) is 0. The molecule has 0 aromatic heterocycles. The Kier molecular flexibility index (Phi) is 4.31. The minimum absolute atomic E-state index is 0.141. The Labute approximate surface area is 159 Å². The molecule has 4 aliphatic heterocycles. The number of carbonyl (C=O) groups excluding carboxylic acids is 2. The average Bonchev–Trinajstić information content (AvgIpc) is 3.22. The van der Waals surface area contributed by atoms with Gasteiger partial charge in [-0.2, -0.15) is 11.8 Å². The third kappa shape index (κ3) is 2.55. The second-order valence-electron chi connectivity index (χ2n) is 8.45. The first-order valence-corrected chi connectivity index (χ1v) is 11.4. The van der Waals surface area contributed by atoms with E-state index in [1.54, 1.807) is 0 Å². The van der Waals surface area contributed by atoms with Crippen LogP contribution in [0.25, 0.3) is 0 Å². The Balaban J connectivity index is 1.39. The number of nitrogens with zero attached hydrogens (tertiary/aromatic N) is 2. The lowest BCUT2D eigenvalue weighted by Gasteiger charge is -2.33. The van der Waals surface area contributed by atoms with Crippen LogP contribution in [-0.4, -0.2) is 70.5 Å². The molecule has 4 heterocycles. The predicted molar refractivity (Wildman–Crippen MR) is 101 cm³/mol. The second-order valence-corrected chi connectivity index (χ2v) is 9.67. The lowest BCUT2D eigenvalue weighted by molar-refractivity contribution is -0.144. The molecule has 142 valence electrons.